The maximum Gasteiger partial charge on any atom is 0.273 e. The van der Waals surface area contributed by atoms with Crippen LogP contribution in [-0.2, 0) is 0 Å². The standard InChI is InChI=1S/C24H22BrN3O2/c1-16(2)18-13-11-17(12-14-18)15-26-28-24(30)20-8-4-6-10-22(20)27-23(29)19-7-3-5-9-21(19)25/h3-16H,1-2H3,(H,27,29)(H,28,30). The van der Waals surface area contributed by atoms with Gasteiger partial charge in [-0.15, -0.1) is 0 Å². The monoisotopic (exact) mass is 463 g/mol. The van der Waals surface area contributed by atoms with Crippen LogP contribution in [0.3, 0.4) is 0 Å². The summed E-state index contributed by atoms with van der Waals surface area (Å²) in [5.41, 5.74) is 5.86. The zero-order chi connectivity index (χ0) is 21.5. The number of hydrogen-bond acceptors (Lipinski definition) is 3. The van der Waals surface area contributed by atoms with Crippen molar-refractivity contribution in [3.05, 3.63) is 99.5 Å². The molecule has 0 aliphatic rings. The molecule has 0 aliphatic heterocycles. The maximum atomic E-state index is 12.6. The number of carbonyl (C=O) groups is 2. The number of hydrazone groups is 1. The third-order valence-corrected chi connectivity index (χ3v) is 5.21. The SMILES string of the molecule is CC(C)c1ccc(C=NNC(=O)c2ccccc2NC(=O)c2ccccc2Br)cc1. The van der Waals surface area contributed by atoms with Gasteiger partial charge in [0.2, 0.25) is 0 Å². The molecule has 0 radical (unpaired) electrons. The van der Waals surface area contributed by atoms with Crippen LogP contribution >= 0.6 is 15.9 Å². The number of nitrogens with one attached hydrogen (secondary N) is 2. The van der Waals surface area contributed by atoms with E-state index in [9.17, 15) is 9.59 Å². The van der Waals surface area contributed by atoms with E-state index in [1.807, 2.05) is 30.3 Å². The number of nitrogens with zero attached hydrogens (tertiary/aromatic N) is 1. The second kappa shape index (κ2) is 9.98. The van der Waals surface area contributed by atoms with E-state index in [0.29, 0.717) is 27.2 Å². The first kappa shape index (κ1) is 21.5. The summed E-state index contributed by atoms with van der Waals surface area (Å²) in [5.74, 6) is -0.261. The number of amides is 2. The van der Waals surface area contributed by atoms with Crippen molar-refractivity contribution < 1.29 is 9.59 Å². The molecule has 30 heavy (non-hydrogen) atoms. The van der Waals surface area contributed by atoms with Crippen molar-refractivity contribution in [2.45, 2.75) is 19.8 Å². The summed E-state index contributed by atoms with van der Waals surface area (Å²) in [4.78, 5) is 25.2. The molecule has 0 aliphatic carbocycles. The zero-order valence-corrected chi connectivity index (χ0v) is 18.3. The van der Waals surface area contributed by atoms with Crippen molar-refractivity contribution in [1.29, 1.82) is 0 Å². The summed E-state index contributed by atoms with van der Waals surface area (Å²) in [6.07, 6.45) is 1.59. The lowest BCUT2D eigenvalue weighted by molar-refractivity contribution is 0.0956. The predicted molar refractivity (Wildman–Crippen MR) is 124 cm³/mol. The van der Waals surface area contributed by atoms with Gasteiger partial charge in [0.25, 0.3) is 11.8 Å². The smallest absolute Gasteiger partial charge is 0.273 e. The van der Waals surface area contributed by atoms with Gasteiger partial charge < -0.3 is 5.32 Å². The van der Waals surface area contributed by atoms with Gasteiger partial charge in [0, 0.05) is 4.47 Å². The molecular weight excluding hydrogens is 442 g/mol. The van der Waals surface area contributed by atoms with E-state index in [1.54, 1.807) is 48.7 Å². The van der Waals surface area contributed by atoms with Crippen LogP contribution in [-0.4, -0.2) is 18.0 Å². The highest BCUT2D eigenvalue weighted by Gasteiger charge is 2.15. The van der Waals surface area contributed by atoms with Crippen LogP contribution in [0.1, 0.15) is 51.6 Å². The number of anilines is 1. The Labute approximate surface area is 184 Å². The topological polar surface area (TPSA) is 70.6 Å². The first-order valence-electron chi connectivity index (χ1n) is 9.54. The highest BCUT2D eigenvalue weighted by molar-refractivity contribution is 9.10. The Hall–Kier alpha value is -3.25. The highest BCUT2D eigenvalue weighted by Crippen LogP contribution is 2.20. The van der Waals surface area contributed by atoms with Gasteiger partial charge in [0.05, 0.1) is 23.0 Å². The van der Waals surface area contributed by atoms with E-state index in [0.717, 1.165) is 5.56 Å². The summed E-state index contributed by atoms with van der Waals surface area (Å²) in [7, 11) is 0. The minimum Gasteiger partial charge on any atom is -0.321 e. The molecule has 0 saturated heterocycles. The van der Waals surface area contributed by atoms with E-state index in [2.05, 4.69) is 45.6 Å². The minimum absolute atomic E-state index is 0.309. The summed E-state index contributed by atoms with van der Waals surface area (Å²) in [5, 5.41) is 6.83. The molecule has 3 aromatic rings. The molecule has 2 amide bonds. The van der Waals surface area contributed by atoms with Crippen LogP contribution in [0.15, 0.2) is 82.4 Å². The molecule has 0 spiro atoms. The largest absolute Gasteiger partial charge is 0.321 e. The van der Waals surface area contributed by atoms with Gasteiger partial charge in [-0.1, -0.05) is 62.4 Å². The predicted octanol–water partition coefficient (Wildman–Crippen LogP) is 5.59. The quantitative estimate of drug-likeness (QED) is 0.369. The molecule has 0 bridgehead atoms. The molecule has 3 rings (SSSR count). The number of rotatable bonds is 6. The van der Waals surface area contributed by atoms with Crippen molar-refractivity contribution in [3.8, 4) is 0 Å². The number of benzene rings is 3. The molecule has 0 heterocycles. The van der Waals surface area contributed by atoms with Crippen molar-refractivity contribution in [2.75, 3.05) is 5.32 Å². The van der Waals surface area contributed by atoms with Crippen LogP contribution in [0, 0.1) is 0 Å². The Balaban J connectivity index is 1.69. The highest BCUT2D eigenvalue weighted by atomic mass is 79.9. The van der Waals surface area contributed by atoms with Gasteiger partial charge in [0.15, 0.2) is 0 Å². The molecular formula is C24H22BrN3O2. The van der Waals surface area contributed by atoms with Gasteiger partial charge in [-0.05, 0) is 57.2 Å². The molecule has 0 fully saturated rings. The fraction of sp³-hybridized carbons (Fsp3) is 0.125. The summed E-state index contributed by atoms with van der Waals surface area (Å²) >= 11 is 3.37. The van der Waals surface area contributed by atoms with Crippen LogP contribution in [0.2, 0.25) is 0 Å². The normalized spacial score (nSPS) is 10.9. The molecule has 0 aromatic heterocycles. The molecule has 6 heteroatoms. The Morgan fingerprint density at radius 3 is 2.17 bits per heavy atom. The third-order valence-electron chi connectivity index (χ3n) is 4.52. The molecule has 0 unspecified atom stereocenters. The van der Waals surface area contributed by atoms with E-state index in [-0.39, 0.29) is 5.91 Å². The van der Waals surface area contributed by atoms with Crippen LogP contribution in [0.25, 0.3) is 0 Å². The minimum atomic E-state index is -0.409. The molecule has 2 N–H and O–H groups in total. The number of hydrogen-bond donors (Lipinski definition) is 2. The molecule has 5 nitrogen and oxygen atoms in total. The van der Waals surface area contributed by atoms with Gasteiger partial charge in [-0.3, -0.25) is 9.59 Å². The van der Waals surface area contributed by atoms with Crippen molar-refractivity contribution in [1.82, 2.24) is 5.43 Å². The Kier molecular flexibility index (Phi) is 7.14. The number of halogens is 1. The lowest BCUT2D eigenvalue weighted by Gasteiger charge is -2.11. The van der Waals surface area contributed by atoms with Crippen molar-refractivity contribution >= 4 is 39.6 Å². The fourth-order valence-electron chi connectivity index (χ4n) is 2.82. The lowest BCUT2D eigenvalue weighted by atomic mass is 10.0. The average Bonchev–Trinajstić information content (AvgIpc) is 2.74. The Morgan fingerprint density at radius 2 is 1.50 bits per heavy atom. The van der Waals surface area contributed by atoms with E-state index in [4.69, 9.17) is 0 Å². The maximum absolute atomic E-state index is 12.6. The Bertz CT molecular complexity index is 1080. The van der Waals surface area contributed by atoms with Crippen molar-refractivity contribution in [2.24, 2.45) is 5.10 Å². The second-order valence-corrected chi connectivity index (χ2v) is 7.85. The summed E-state index contributed by atoms with van der Waals surface area (Å²) < 4.78 is 0.678. The molecule has 152 valence electrons. The lowest BCUT2D eigenvalue weighted by Crippen LogP contribution is -2.21. The van der Waals surface area contributed by atoms with Gasteiger partial charge in [-0.25, -0.2) is 5.43 Å². The molecule has 3 aromatic carbocycles. The first-order chi connectivity index (χ1) is 14.5. The van der Waals surface area contributed by atoms with Crippen molar-refractivity contribution in [3.63, 3.8) is 0 Å². The van der Waals surface area contributed by atoms with E-state index >= 15 is 0 Å². The number of carbonyl (C=O) groups excluding carboxylic acids is 2. The molecule has 0 saturated carbocycles. The first-order valence-corrected chi connectivity index (χ1v) is 10.3. The molecule has 0 atom stereocenters. The van der Waals surface area contributed by atoms with Gasteiger partial charge in [0.1, 0.15) is 0 Å². The average molecular weight is 464 g/mol. The zero-order valence-electron chi connectivity index (χ0n) is 16.7. The van der Waals surface area contributed by atoms with E-state index < -0.39 is 5.91 Å². The Morgan fingerprint density at radius 1 is 0.867 bits per heavy atom. The van der Waals surface area contributed by atoms with Gasteiger partial charge >= 0.3 is 0 Å². The van der Waals surface area contributed by atoms with Crippen LogP contribution in [0.5, 0.6) is 0 Å². The van der Waals surface area contributed by atoms with Gasteiger partial charge in [-0.2, -0.15) is 5.10 Å². The summed E-state index contributed by atoms with van der Waals surface area (Å²) in [6.45, 7) is 4.27. The number of para-hydroxylation sites is 1. The van der Waals surface area contributed by atoms with E-state index in [1.165, 1.54) is 5.56 Å². The fourth-order valence-corrected chi connectivity index (χ4v) is 3.28. The third kappa shape index (κ3) is 5.42. The second-order valence-electron chi connectivity index (χ2n) is 7.00. The summed E-state index contributed by atoms with van der Waals surface area (Å²) in [6, 6.07) is 21.9. The van der Waals surface area contributed by atoms with Crippen LogP contribution in [0.4, 0.5) is 5.69 Å². The van der Waals surface area contributed by atoms with Crippen LogP contribution < -0.4 is 10.7 Å².